The van der Waals surface area contributed by atoms with Gasteiger partial charge in [0, 0.05) is 38.8 Å². The van der Waals surface area contributed by atoms with Crippen LogP contribution in [0, 0.1) is 11.3 Å². The maximum Gasteiger partial charge on any atom is 0.236 e. The van der Waals surface area contributed by atoms with Crippen molar-refractivity contribution in [1.82, 2.24) is 15.1 Å². The van der Waals surface area contributed by atoms with Crippen LogP contribution in [0.4, 0.5) is 0 Å². The zero-order valence-electron chi connectivity index (χ0n) is 12.5. The molecular formula is C15H26N4O. The van der Waals surface area contributed by atoms with E-state index in [-0.39, 0.29) is 11.4 Å². The highest BCUT2D eigenvalue weighted by Crippen LogP contribution is 2.34. The number of piperazine rings is 1. The average Bonchev–Trinajstić information content (AvgIpc) is 2.48. The molecule has 0 aromatic carbocycles. The molecule has 1 N–H and O–H groups in total. The summed E-state index contributed by atoms with van der Waals surface area (Å²) in [5.41, 5.74) is 0.197. The molecule has 0 aromatic rings. The molecule has 0 unspecified atom stereocenters. The van der Waals surface area contributed by atoms with Crippen LogP contribution in [0.2, 0.25) is 0 Å². The molecule has 5 heteroatoms. The Hall–Kier alpha value is -1.12. The van der Waals surface area contributed by atoms with E-state index in [1.807, 2.05) is 0 Å². The van der Waals surface area contributed by atoms with Gasteiger partial charge in [0.2, 0.25) is 5.91 Å². The van der Waals surface area contributed by atoms with Crippen LogP contribution in [-0.2, 0) is 4.79 Å². The van der Waals surface area contributed by atoms with Gasteiger partial charge in [-0.25, -0.2) is 0 Å². The van der Waals surface area contributed by atoms with Gasteiger partial charge in [0.1, 0.15) is 0 Å². The molecule has 112 valence electrons. The fraction of sp³-hybridized carbons (Fsp3) is 0.867. The van der Waals surface area contributed by atoms with Crippen LogP contribution in [0.3, 0.4) is 0 Å². The summed E-state index contributed by atoms with van der Waals surface area (Å²) in [6.45, 7) is 3.98. The van der Waals surface area contributed by atoms with Crippen LogP contribution in [0.5, 0.6) is 0 Å². The Morgan fingerprint density at radius 2 is 2.15 bits per heavy atom. The third-order valence-corrected chi connectivity index (χ3v) is 4.78. The highest BCUT2D eigenvalue weighted by atomic mass is 16.2. The number of rotatable bonds is 4. The van der Waals surface area contributed by atoms with Crippen molar-refractivity contribution < 1.29 is 4.79 Å². The van der Waals surface area contributed by atoms with Gasteiger partial charge in [0.05, 0.1) is 19.0 Å². The van der Waals surface area contributed by atoms with E-state index in [9.17, 15) is 4.79 Å². The van der Waals surface area contributed by atoms with Gasteiger partial charge in [-0.3, -0.25) is 9.69 Å². The third-order valence-electron chi connectivity index (χ3n) is 4.78. The van der Waals surface area contributed by atoms with Crippen molar-refractivity contribution >= 4 is 5.91 Å². The normalized spacial score (nSPS) is 22.4. The topological polar surface area (TPSA) is 59.4 Å². The summed E-state index contributed by atoms with van der Waals surface area (Å²) < 4.78 is 0. The Morgan fingerprint density at radius 1 is 1.40 bits per heavy atom. The van der Waals surface area contributed by atoms with E-state index in [0.717, 1.165) is 19.6 Å². The second kappa shape index (κ2) is 7.05. The van der Waals surface area contributed by atoms with Crippen LogP contribution >= 0.6 is 0 Å². The Kier molecular flexibility index (Phi) is 5.38. The predicted octanol–water partition coefficient (Wildman–Crippen LogP) is 0.967. The van der Waals surface area contributed by atoms with Gasteiger partial charge in [0.25, 0.3) is 0 Å². The second-order valence-electron chi connectivity index (χ2n) is 6.11. The first-order chi connectivity index (χ1) is 9.68. The number of carbonyl (C=O) groups excluding carboxylic acids is 1. The SMILES string of the molecule is CN(CCC#N)C(=O)CN1CCNCC12CCCCC2. The maximum absolute atomic E-state index is 12.3. The molecule has 0 atom stereocenters. The van der Waals surface area contributed by atoms with E-state index in [1.165, 1.54) is 32.1 Å². The van der Waals surface area contributed by atoms with Gasteiger partial charge in [0.15, 0.2) is 0 Å². The van der Waals surface area contributed by atoms with Crippen molar-refractivity contribution in [2.45, 2.75) is 44.1 Å². The molecule has 0 bridgehead atoms. The Labute approximate surface area is 121 Å². The van der Waals surface area contributed by atoms with Crippen LogP contribution in [0.1, 0.15) is 38.5 Å². The number of likely N-dealkylation sites (N-methyl/N-ethyl adjacent to an activating group) is 1. The lowest BCUT2D eigenvalue weighted by Crippen LogP contribution is -2.63. The molecule has 5 nitrogen and oxygen atoms in total. The van der Waals surface area contributed by atoms with Gasteiger partial charge < -0.3 is 10.2 Å². The molecule has 2 aliphatic rings. The van der Waals surface area contributed by atoms with E-state index in [1.54, 1.807) is 11.9 Å². The zero-order chi connectivity index (χ0) is 14.4. The standard InChI is InChI=1S/C15H26N4O/c1-18(10-5-8-16)14(20)12-19-11-9-17-13-15(19)6-3-2-4-7-15/h17H,2-7,9-13H2,1H3. The molecule has 0 aromatic heterocycles. The first-order valence-corrected chi connectivity index (χ1v) is 7.75. The lowest BCUT2D eigenvalue weighted by Gasteiger charge is -2.49. The predicted molar refractivity (Wildman–Crippen MR) is 78.1 cm³/mol. The molecule has 2 rings (SSSR count). The third kappa shape index (κ3) is 3.50. The largest absolute Gasteiger partial charge is 0.344 e. The van der Waals surface area contributed by atoms with Crippen LogP contribution < -0.4 is 5.32 Å². The minimum Gasteiger partial charge on any atom is -0.344 e. The quantitative estimate of drug-likeness (QED) is 0.832. The van der Waals surface area contributed by atoms with E-state index < -0.39 is 0 Å². The summed E-state index contributed by atoms with van der Waals surface area (Å²) in [4.78, 5) is 16.4. The molecule has 1 spiro atoms. The summed E-state index contributed by atoms with van der Waals surface area (Å²) in [5, 5.41) is 12.1. The first kappa shape index (κ1) is 15.3. The Morgan fingerprint density at radius 3 is 2.85 bits per heavy atom. The molecule has 2 fully saturated rings. The molecular weight excluding hydrogens is 252 g/mol. The molecule has 1 heterocycles. The minimum absolute atomic E-state index is 0.145. The fourth-order valence-electron chi connectivity index (χ4n) is 3.46. The smallest absolute Gasteiger partial charge is 0.236 e. The van der Waals surface area contributed by atoms with E-state index in [4.69, 9.17) is 5.26 Å². The summed E-state index contributed by atoms with van der Waals surface area (Å²) in [6.07, 6.45) is 6.69. The van der Waals surface area contributed by atoms with Crippen molar-refractivity contribution in [1.29, 1.82) is 5.26 Å². The van der Waals surface area contributed by atoms with Crippen molar-refractivity contribution in [3.05, 3.63) is 0 Å². The summed E-state index contributed by atoms with van der Waals surface area (Å²) in [7, 11) is 1.80. The van der Waals surface area contributed by atoms with E-state index in [2.05, 4.69) is 16.3 Å². The minimum atomic E-state index is 0.145. The lowest BCUT2D eigenvalue weighted by atomic mass is 9.79. The maximum atomic E-state index is 12.3. The van der Waals surface area contributed by atoms with Gasteiger partial charge in [-0.15, -0.1) is 0 Å². The number of nitriles is 1. The molecule has 1 amide bonds. The summed E-state index contributed by atoms with van der Waals surface area (Å²) >= 11 is 0. The van der Waals surface area contributed by atoms with Crippen molar-refractivity contribution in [3.63, 3.8) is 0 Å². The summed E-state index contributed by atoms with van der Waals surface area (Å²) in [6, 6.07) is 2.10. The number of nitrogens with zero attached hydrogens (tertiary/aromatic N) is 3. The van der Waals surface area contributed by atoms with Crippen LogP contribution in [-0.4, -0.2) is 61.0 Å². The van der Waals surface area contributed by atoms with Crippen molar-refractivity contribution in [2.24, 2.45) is 0 Å². The first-order valence-electron chi connectivity index (χ1n) is 7.75. The van der Waals surface area contributed by atoms with Crippen molar-refractivity contribution in [3.8, 4) is 6.07 Å². The number of nitrogens with one attached hydrogen (secondary N) is 1. The van der Waals surface area contributed by atoms with Crippen LogP contribution in [0.25, 0.3) is 0 Å². The summed E-state index contributed by atoms with van der Waals surface area (Å²) in [5.74, 6) is 0.145. The van der Waals surface area contributed by atoms with E-state index >= 15 is 0 Å². The lowest BCUT2D eigenvalue weighted by molar-refractivity contribution is -0.133. The van der Waals surface area contributed by atoms with Gasteiger partial charge in [-0.1, -0.05) is 19.3 Å². The molecule has 1 aliphatic carbocycles. The number of hydrogen-bond acceptors (Lipinski definition) is 4. The van der Waals surface area contributed by atoms with Crippen molar-refractivity contribution in [2.75, 3.05) is 39.8 Å². The zero-order valence-corrected chi connectivity index (χ0v) is 12.5. The number of hydrogen-bond donors (Lipinski definition) is 1. The Bertz CT molecular complexity index is 362. The average molecular weight is 278 g/mol. The van der Waals surface area contributed by atoms with Gasteiger partial charge in [-0.05, 0) is 12.8 Å². The molecule has 1 saturated heterocycles. The van der Waals surface area contributed by atoms with Crippen LogP contribution in [0.15, 0.2) is 0 Å². The second-order valence-corrected chi connectivity index (χ2v) is 6.11. The molecule has 1 aliphatic heterocycles. The highest BCUT2D eigenvalue weighted by Gasteiger charge is 2.40. The monoisotopic (exact) mass is 278 g/mol. The molecule has 20 heavy (non-hydrogen) atoms. The highest BCUT2D eigenvalue weighted by molar-refractivity contribution is 5.78. The number of carbonyl (C=O) groups is 1. The fourth-order valence-corrected chi connectivity index (χ4v) is 3.46. The Balaban J connectivity index is 1.95. The molecule has 0 radical (unpaired) electrons. The van der Waals surface area contributed by atoms with Gasteiger partial charge in [-0.2, -0.15) is 5.26 Å². The molecule has 1 saturated carbocycles. The van der Waals surface area contributed by atoms with Gasteiger partial charge >= 0.3 is 0 Å². The number of amides is 1. The van der Waals surface area contributed by atoms with E-state index in [0.29, 0.717) is 19.5 Å².